The third kappa shape index (κ3) is 1.48. The molecule has 0 aliphatic carbocycles. The molecule has 2 nitrogen and oxygen atoms in total. The summed E-state index contributed by atoms with van der Waals surface area (Å²) in [5.41, 5.74) is 2.43. The van der Waals surface area contributed by atoms with Crippen molar-refractivity contribution in [2.45, 2.75) is 25.8 Å². The van der Waals surface area contributed by atoms with Gasteiger partial charge in [0.1, 0.15) is 0 Å². The first kappa shape index (κ1) is 7.74. The molecule has 0 amide bonds. The first-order chi connectivity index (χ1) is 5.86. The van der Waals surface area contributed by atoms with Crippen molar-refractivity contribution < 1.29 is 0 Å². The van der Waals surface area contributed by atoms with Crippen LogP contribution in [0.1, 0.15) is 30.1 Å². The Kier molecular flexibility index (Phi) is 2.09. The average molecular weight is 162 g/mol. The zero-order valence-corrected chi connectivity index (χ0v) is 7.38. The highest BCUT2D eigenvalue weighted by atomic mass is 15.0. The molecule has 0 radical (unpaired) electrons. The minimum atomic E-state index is 0.505. The van der Waals surface area contributed by atoms with Crippen LogP contribution in [-0.4, -0.2) is 11.5 Å². The Bertz CT molecular complexity index is 247. The smallest absolute Gasteiger partial charge is 0.0573 e. The third-order valence-corrected chi connectivity index (χ3v) is 2.35. The average Bonchev–Trinajstić information content (AvgIpc) is 2.58. The van der Waals surface area contributed by atoms with Crippen LogP contribution in [0.5, 0.6) is 0 Å². The van der Waals surface area contributed by atoms with Crippen LogP contribution in [0.25, 0.3) is 0 Å². The Hall–Kier alpha value is -0.890. The predicted octanol–water partition coefficient (Wildman–Crippen LogP) is 1.81. The summed E-state index contributed by atoms with van der Waals surface area (Å²) in [5.74, 6) is 0. The summed E-state index contributed by atoms with van der Waals surface area (Å²) in [6, 6.07) is 4.76. The maximum absolute atomic E-state index is 4.40. The molecule has 2 heteroatoms. The van der Waals surface area contributed by atoms with E-state index in [4.69, 9.17) is 0 Å². The molecule has 1 N–H and O–H groups in total. The van der Waals surface area contributed by atoms with E-state index in [2.05, 4.69) is 29.4 Å². The van der Waals surface area contributed by atoms with Crippen LogP contribution in [0.15, 0.2) is 18.3 Å². The highest BCUT2D eigenvalue weighted by Gasteiger charge is 2.16. The summed E-state index contributed by atoms with van der Waals surface area (Å²) in [4.78, 5) is 4.40. The van der Waals surface area contributed by atoms with Crippen LogP contribution in [0.4, 0.5) is 0 Å². The van der Waals surface area contributed by atoms with E-state index in [-0.39, 0.29) is 0 Å². The summed E-state index contributed by atoms with van der Waals surface area (Å²) in [6.07, 6.45) is 4.45. The van der Waals surface area contributed by atoms with Gasteiger partial charge in [-0.3, -0.25) is 4.98 Å². The molecular weight excluding hydrogens is 148 g/mol. The molecule has 0 spiro atoms. The Morgan fingerprint density at radius 2 is 2.42 bits per heavy atom. The van der Waals surface area contributed by atoms with E-state index in [9.17, 15) is 0 Å². The van der Waals surface area contributed by atoms with Gasteiger partial charge in [-0.2, -0.15) is 0 Å². The minimum Gasteiger partial charge on any atom is -0.309 e. The van der Waals surface area contributed by atoms with Crippen molar-refractivity contribution in [1.29, 1.82) is 0 Å². The fourth-order valence-electron chi connectivity index (χ4n) is 1.62. The van der Waals surface area contributed by atoms with Crippen LogP contribution >= 0.6 is 0 Å². The monoisotopic (exact) mass is 162 g/mol. The van der Waals surface area contributed by atoms with E-state index in [1.165, 1.54) is 24.1 Å². The van der Waals surface area contributed by atoms with Gasteiger partial charge in [-0.15, -0.1) is 0 Å². The van der Waals surface area contributed by atoms with Gasteiger partial charge in [0.15, 0.2) is 0 Å². The number of nitrogens with one attached hydrogen (secondary N) is 1. The fourth-order valence-corrected chi connectivity index (χ4v) is 1.62. The maximum atomic E-state index is 4.40. The van der Waals surface area contributed by atoms with E-state index in [1.54, 1.807) is 0 Å². The molecule has 64 valence electrons. The van der Waals surface area contributed by atoms with E-state index in [0.29, 0.717) is 6.04 Å². The molecule has 1 atom stereocenters. The summed E-state index contributed by atoms with van der Waals surface area (Å²) in [6.45, 7) is 3.21. The zero-order valence-electron chi connectivity index (χ0n) is 7.38. The second-order valence-electron chi connectivity index (χ2n) is 3.41. The van der Waals surface area contributed by atoms with Crippen LogP contribution in [0.2, 0.25) is 0 Å². The first-order valence-electron chi connectivity index (χ1n) is 4.52. The minimum absolute atomic E-state index is 0.505. The summed E-state index contributed by atoms with van der Waals surface area (Å²) < 4.78 is 0. The van der Waals surface area contributed by atoms with Crippen molar-refractivity contribution in [3.8, 4) is 0 Å². The van der Waals surface area contributed by atoms with E-state index >= 15 is 0 Å². The van der Waals surface area contributed by atoms with Crippen molar-refractivity contribution in [1.82, 2.24) is 10.3 Å². The highest BCUT2D eigenvalue weighted by molar-refractivity contribution is 5.15. The Labute approximate surface area is 73.0 Å². The molecule has 1 saturated heterocycles. The summed E-state index contributed by atoms with van der Waals surface area (Å²) in [5, 5.41) is 3.43. The number of hydrogen-bond acceptors (Lipinski definition) is 2. The van der Waals surface area contributed by atoms with Gasteiger partial charge in [0, 0.05) is 12.2 Å². The Morgan fingerprint density at radius 3 is 3.00 bits per heavy atom. The van der Waals surface area contributed by atoms with Crippen LogP contribution in [0, 0.1) is 6.92 Å². The molecule has 1 unspecified atom stereocenters. The molecule has 0 saturated carbocycles. The predicted molar refractivity (Wildman–Crippen MR) is 49.0 cm³/mol. The molecule has 2 rings (SSSR count). The molecule has 0 aromatic carbocycles. The van der Waals surface area contributed by atoms with E-state index in [0.717, 1.165) is 6.54 Å². The van der Waals surface area contributed by atoms with Crippen molar-refractivity contribution in [3.63, 3.8) is 0 Å². The van der Waals surface area contributed by atoms with E-state index < -0.39 is 0 Å². The molecule has 1 aliphatic rings. The topological polar surface area (TPSA) is 24.9 Å². The quantitative estimate of drug-likeness (QED) is 0.681. The first-order valence-corrected chi connectivity index (χ1v) is 4.52. The largest absolute Gasteiger partial charge is 0.309 e. The number of aromatic nitrogens is 1. The lowest BCUT2D eigenvalue weighted by molar-refractivity contribution is 0.627. The van der Waals surface area contributed by atoms with Gasteiger partial charge in [0.05, 0.1) is 5.69 Å². The van der Waals surface area contributed by atoms with Crippen LogP contribution < -0.4 is 5.32 Å². The van der Waals surface area contributed by atoms with Crippen molar-refractivity contribution in [2.24, 2.45) is 0 Å². The molecule has 0 bridgehead atoms. The van der Waals surface area contributed by atoms with Gasteiger partial charge >= 0.3 is 0 Å². The van der Waals surface area contributed by atoms with Gasteiger partial charge in [0.25, 0.3) is 0 Å². The molecular formula is C10H14N2. The zero-order chi connectivity index (χ0) is 8.39. The molecule has 1 fully saturated rings. The lowest BCUT2D eigenvalue weighted by atomic mass is 10.1. The van der Waals surface area contributed by atoms with Crippen molar-refractivity contribution in [2.75, 3.05) is 6.54 Å². The fraction of sp³-hybridized carbons (Fsp3) is 0.500. The molecule has 1 aliphatic heterocycles. The number of aryl methyl sites for hydroxylation is 1. The number of nitrogens with zero attached hydrogens (tertiary/aromatic N) is 1. The Morgan fingerprint density at radius 1 is 1.50 bits per heavy atom. The third-order valence-electron chi connectivity index (χ3n) is 2.35. The Balaban J connectivity index is 2.17. The van der Waals surface area contributed by atoms with Gasteiger partial charge in [-0.25, -0.2) is 0 Å². The van der Waals surface area contributed by atoms with Gasteiger partial charge < -0.3 is 5.32 Å². The normalized spacial score (nSPS) is 22.9. The lowest BCUT2D eigenvalue weighted by Gasteiger charge is -2.08. The van der Waals surface area contributed by atoms with Gasteiger partial charge in [-0.1, -0.05) is 6.07 Å². The van der Waals surface area contributed by atoms with Gasteiger partial charge in [0.2, 0.25) is 0 Å². The van der Waals surface area contributed by atoms with Crippen molar-refractivity contribution >= 4 is 0 Å². The van der Waals surface area contributed by atoms with Crippen molar-refractivity contribution in [3.05, 3.63) is 29.6 Å². The number of rotatable bonds is 1. The maximum Gasteiger partial charge on any atom is 0.0573 e. The highest BCUT2D eigenvalue weighted by Crippen LogP contribution is 2.20. The van der Waals surface area contributed by atoms with Gasteiger partial charge in [-0.05, 0) is 37.9 Å². The SMILES string of the molecule is Cc1ccc(C2CCCN2)nc1. The molecule has 12 heavy (non-hydrogen) atoms. The van der Waals surface area contributed by atoms with Crippen LogP contribution in [0.3, 0.4) is 0 Å². The lowest BCUT2D eigenvalue weighted by Crippen LogP contribution is -2.13. The number of hydrogen-bond donors (Lipinski definition) is 1. The van der Waals surface area contributed by atoms with E-state index in [1.807, 2.05) is 6.20 Å². The second-order valence-corrected chi connectivity index (χ2v) is 3.41. The second kappa shape index (κ2) is 3.23. The molecule has 1 aromatic heterocycles. The number of pyridine rings is 1. The molecule has 2 heterocycles. The molecule has 1 aromatic rings. The standard InChI is InChI=1S/C10H14N2/c1-8-4-5-10(12-7-8)9-3-2-6-11-9/h4-5,7,9,11H,2-3,6H2,1H3. The van der Waals surface area contributed by atoms with Crippen LogP contribution in [-0.2, 0) is 0 Å². The summed E-state index contributed by atoms with van der Waals surface area (Å²) in [7, 11) is 0. The summed E-state index contributed by atoms with van der Waals surface area (Å²) >= 11 is 0.